The summed E-state index contributed by atoms with van der Waals surface area (Å²) in [6, 6.07) is 2.36. The summed E-state index contributed by atoms with van der Waals surface area (Å²) in [7, 11) is 0. The highest BCUT2D eigenvalue weighted by molar-refractivity contribution is 5.04. The van der Waals surface area contributed by atoms with E-state index in [1.807, 2.05) is 13.8 Å². The molecule has 0 aliphatic carbocycles. The molecule has 2 rings (SSSR count). The van der Waals surface area contributed by atoms with Gasteiger partial charge in [0.1, 0.15) is 17.7 Å². The van der Waals surface area contributed by atoms with Gasteiger partial charge in [0, 0.05) is 19.6 Å². The number of fused-ring (bicyclic) bond motifs is 1. The molecule has 2 heterocycles. The molecule has 0 amide bonds. The summed E-state index contributed by atoms with van der Waals surface area (Å²) in [5.74, 6) is 1.02. The number of nitrogens with zero attached hydrogens (tertiary/aromatic N) is 5. The molecular weight excluding hydrogens is 228 g/mol. The Balaban J connectivity index is 1.87. The van der Waals surface area contributed by atoms with Crippen LogP contribution in [0.25, 0.3) is 0 Å². The van der Waals surface area contributed by atoms with E-state index in [9.17, 15) is 5.26 Å². The van der Waals surface area contributed by atoms with Crippen molar-refractivity contribution in [1.29, 1.82) is 5.26 Å². The van der Waals surface area contributed by atoms with Gasteiger partial charge in [0.25, 0.3) is 0 Å². The van der Waals surface area contributed by atoms with Crippen LogP contribution in [0.3, 0.4) is 0 Å². The molecule has 1 N–H and O–H groups in total. The monoisotopic (exact) mass is 248 g/mol. The standard InChI is InChI=1S/C12H20N6/c1-3-14-12(2,9-13)4-5-17-6-7-18-10-15-16-11(18)8-17/h10,14H,3-8H2,1-2H3. The number of nitrogens with one attached hydrogen (secondary N) is 1. The molecule has 1 atom stereocenters. The van der Waals surface area contributed by atoms with Gasteiger partial charge in [-0.15, -0.1) is 10.2 Å². The van der Waals surface area contributed by atoms with Gasteiger partial charge < -0.3 is 4.57 Å². The van der Waals surface area contributed by atoms with Gasteiger partial charge in [-0.2, -0.15) is 5.26 Å². The van der Waals surface area contributed by atoms with Crippen molar-refractivity contribution in [1.82, 2.24) is 25.0 Å². The van der Waals surface area contributed by atoms with Crippen molar-refractivity contribution in [2.45, 2.75) is 38.9 Å². The molecule has 6 nitrogen and oxygen atoms in total. The fourth-order valence-electron chi connectivity index (χ4n) is 2.26. The van der Waals surface area contributed by atoms with Gasteiger partial charge in [0.15, 0.2) is 0 Å². The van der Waals surface area contributed by atoms with Crippen LogP contribution in [0.2, 0.25) is 0 Å². The van der Waals surface area contributed by atoms with Crippen molar-refractivity contribution in [3.05, 3.63) is 12.2 Å². The van der Waals surface area contributed by atoms with Crippen LogP contribution in [0.1, 0.15) is 26.1 Å². The topological polar surface area (TPSA) is 69.8 Å². The van der Waals surface area contributed by atoms with Crippen LogP contribution in [0, 0.1) is 11.3 Å². The molecular formula is C12H20N6. The Labute approximate surface area is 108 Å². The van der Waals surface area contributed by atoms with Crippen LogP contribution in [-0.4, -0.2) is 44.8 Å². The number of hydrogen-bond acceptors (Lipinski definition) is 5. The molecule has 1 unspecified atom stereocenters. The van der Waals surface area contributed by atoms with Crippen molar-refractivity contribution in [2.24, 2.45) is 0 Å². The highest BCUT2D eigenvalue weighted by Gasteiger charge is 2.25. The number of aromatic nitrogens is 3. The van der Waals surface area contributed by atoms with Gasteiger partial charge in [0.2, 0.25) is 0 Å². The zero-order valence-corrected chi connectivity index (χ0v) is 11.1. The van der Waals surface area contributed by atoms with E-state index in [0.717, 1.165) is 45.0 Å². The lowest BCUT2D eigenvalue weighted by Gasteiger charge is -2.30. The van der Waals surface area contributed by atoms with Gasteiger partial charge in [0.05, 0.1) is 12.6 Å². The third-order valence-electron chi connectivity index (χ3n) is 3.46. The molecule has 0 aromatic carbocycles. The quantitative estimate of drug-likeness (QED) is 0.815. The number of nitriles is 1. The van der Waals surface area contributed by atoms with E-state index in [-0.39, 0.29) is 0 Å². The predicted molar refractivity (Wildman–Crippen MR) is 67.6 cm³/mol. The van der Waals surface area contributed by atoms with Crippen molar-refractivity contribution in [2.75, 3.05) is 19.6 Å². The van der Waals surface area contributed by atoms with Crippen LogP contribution < -0.4 is 5.32 Å². The minimum atomic E-state index is -0.431. The van der Waals surface area contributed by atoms with E-state index < -0.39 is 5.54 Å². The van der Waals surface area contributed by atoms with E-state index in [4.69, 9.17) is 0 Å². The third-order valence-corrected chi connectivity index (χ3v) is 3.46. The summed E-state index contributed by atoms with van der Waals surface area (Å²) in [6.07, 6.45) is 2.61. The fourth-order valence-corrected chi connectivity index (χ4v) is 2.26. The molecule has 1 aliphatic heterocycles. The minimum absolute atomic E-state index is 0.431. The maximum absolute atomic E-state index is 9.21. The number of hydrogen-bond donors (Lipinski definition) is 1. The maximum Gasteiger partial charge on any atom is 0.147 e. The zero-order valence-electron chi connectivity index (χ0n) is 11.1. The molecule has 1 aromatic rings. The normalized spacial score (nSPS) is 18.9. The lowest BCUT2D eigenvalue weighted by atomic mass is 9.99. The summed E-state index contributed by atoms with van der Waals surface area (Å²) in [5, 5.41) is 20.5. The molecule has 0 saturated heterocycles. The second-order valence-corrected chi connectivity index (χ2v) is 4.94. The SMILES string of the molecule is CCNC(C)(C#N)CCN1CCn2cnnc2C1. The molecule has 1 aliphatic rings. The third kappa shape index (κ3) is 2.86. The summed E-state index contributed by atoms with van der Waals surface area (Å²) in [5.41, 5.74) is -0.431. The molecule has 0 spiro atoms. The summed E-state index contributed by atoms with van der Waals surface area (Å²) in [4.78, 5) is 2.33. The highest BCUT2D eigenvalue weighted by atomic mass is 15.3. The zero-order chi connectivity index (χ0) is 13.0. The molecule has 0 saturated carbocycles. The Kier molecular flexibility index (Phi) is 3.94. The molecule has 1 aromatic heterocycles. The van der Waals surface area contributed by atoms with Gasteiger partial charge in [-0.25, -0.2) is 0 Å². The van der Waals surface area contributed by atoms with E-state index in [1.165, 1.54) is 0 Å². The van der Waals surface area contributed by atoms with Crippen LogP contribution in [0.4, 0.5) is 0 Å². The Morgan fingerprint density at radius 2 is 2.39 bits per heavy atom. The average molecular weight is 248 g/mol. The fraction of sp³-hybridized carbons (Fsp3) is 0.750. The Hall–Kier alpha value is -1.45. The molecule has 0 radical (unpaired) electrons. The van der Waals surface area contributed by atoms with Gasteiger partial charge in [-0.1, -0.05) is 6.92 Å². The lowest BCUT2D eigenvalue weighted by molar-refractivity contribution is 0.199. The second kappa shape index (κ2) is 5.46. The predicted octanol–water partition coefficient (Wildman–Crippen LogP) is 0.376. The largest absolute Gasteiger partial charge is 0.315 e. The first kappa shape index (κ1) is 13.0. The summed E-state index contributed by atoms with van der Waals surface area (Å²) >= 11 is 0. The first-order chi connectivity index (χ1) is 8.67. The van der Waals surface area contributed by atoms with Crippen LogP contribution >= 0.6 is 0 Å². The van der Waals surface area contributed by atoms with E-state index in [2.05, 4.69) is 31.1 Å². The molecule has 18 heavy (non-hydrogen) atoms. The average Bonchev–Trinajstić information content (AvgIpc) is 2.84. The Bertz CT molecular complexity index is 434. The van der Waals surface area contributed by atoms with E-state index in [0.29, 0.717) is 0 Å². The molecule has 6 heteroatoms. The van der Waals surface area contributed by atoms with E-state index >= 15 is 0 Å². The second-order valence-electron chi connectivity index (χ2n) is 4.94. The summed E-state index contributed by atoms with van der Waals surface area (Å²) in [6.45, 7) is 8.48. The van der Waals surface area contributed by atoms with E-state index in [1.54, 1.807) is 6.33 Å². The van der Waals surface area contributed by atoms with Crippen molar-refractivity contribution >= 4 is 0 Å². The Morgan fingerprint density at radius 1 is 1.56 bits per heavy atom. The molecule has 0 fully saturated rings. The van der Waals surface area contributed by atoms with Crippen molar-refractivity contribution in [3.8, 4) is 6.07 Å². The van der Waals surface area contributed by atoms with Gasteiger partial charge >= 0.3 is 0 Å². The highest BCUT2D eigenvalue weighted by Crippen LogP contribution is 2.13. The van der Waals surface area contributed by atoms with Crippen LogP contribution in [-0.2, 0) is 13.1 Å². The maximum atomic E-state index is 9.21. The first-order valence-electron chi connectivity index (χ1n) is 6.42. The van der Waals surface area contributed by atoms with Gasteiger partial charge in [-0.05, 0) is 19.9 Å². The number of rotatable bonds is 5. The molecule has 0 bridgehead atoms. The first-order valence-corrected chi connectivity index (χ1v) is 6.42. The van der Waals surface area contributed by atoms with Gasteiger partial charge in [-0.3, -0.25) is 10.2 Å². The van der Waals surface area contributed by atoms with Crippen molar-refractivity contribution < 1.29 is 0 Å². The van der Waals surface area contributed by atoms with Crippen LogP contribution in [0.15, 0.2) is 6.33 Å². The summed E-state index contributed by atoms with van der Waals surface area (Å²) < 4.78 is 2.09. The van der Waals surface area contributed by atoms with Crippen LogP contribution in [0.5, 0.6) is 0 Å². The van der Waals surface area contributed by atoms with Crippen molar-refractivity contribution in [3.63, 3.8) is 0 Å². The smallest absolute Gasteiger partial charge is 0.147 e. The minimum Gasteiger partial charge on any atom is -0.315 e. The lowest BCUT2D eigenvalue weighted by Crippen LogP contribution is -2.44. The molecule has 98 valence electrons. The Morgan fingerprint density at radius 3 is 3.11 bits per heavy atom.